The largest absolute Gasteiger partial charge is 0.354 e. The molecular weight excluding hydrogens is 362 g/mol. The Morgan fingerprint density at radius 1 is 1.03 bits per heavy atom. The number of nitrogens with zero attached hydrogens (tertiary/aromatic N) is 5. The van der Waals surface area contributed by atoms with Crippen molar-refractivity contribution in [2.75, 3.05) is 31.1 Å². The summed E-state index contributed by atoms with van der Waals surface area (Å²) in [4.78, 5) is 16.2. The summed E-state index contributed by atoms with van der Waals surface area (Å²) in [6, 6.07) is 10.4. The summed E-state index contributed by atoms with van der Waals surface area (Å²) >= 11 is 0. The lowest BCUT2D eigenvalue weighted by molar-refractivity contribution is 0.585. The number of piperazine rings is 1. The second kappa shape index (κ2) is 7.60. The average molecular weight is 385 g/mol. The van der Waals surface area contributed by atoms with Gasteiger partial charge in [-0.1, -0.05) is 13.0 Å². The van der Waals surface area contributed by atoms with Crippen LogP contribution in [-0.4, -0.2) is 51.3 Å². The van der Waals surface area contributed by atoms with Crippen molar-refractivity contribution in [3.8, 4) is 22.6 Å². The molecule has 0 aliphatic carbocycles. The molecule has 0 aromatic carbocycles. The highest BCUT2D eigenvalue weighted by atomic mass is 15.2. The molecule has 0 spiro atoms. The van der Waals surface area contributed by atoms with Crippen LogP contribution in [0.1, 0.15) is 12.5 Å². The van der Waals surface area contributed by atoms with Crippen molar-refractivity contribution in [1.29, 1.82) is 0 Å². The zero-order valence-corrected chi connectivity index (χ0v) is 16.4. The van der Waals surface area contributed by atoms with Crippen LogP contribution in [0.4, 0.5) is 5.82 Å². The first-order chi connectivity index (χ1) is 14.3. The molecule has 146 valence electrons. The van der Waals surface area contributed by atoms with Crippen LogP contribution in [0.2, 0.25) is 0 Å². The molecule has 5 heterocycles. The number of fused-ring (bicyclic) bond motifs is 1. The molecule has 5 rings (SSSR count). The van der Waals surface area contributed by atoms with Gasteiger partial charge in [0, 0.05) is 49.5 Å². The molecule has 4 aromatic heterocycles. The first-order valence-electron chi connectivity index (χ1n) is 10.0. The van der Waals surface area contributed by atoms with E-state index in [4.69, 9.17) is 4.98 Å². The predicted octanol–water partition coefficient (Wildman–Crippen LogP) is 3.05. The van der Waals surface area contributed by atoms with Crippen molar-refractivity contribution in [1.82, 2.24) is 30.5 Å². The number of aryl methyl sites for hydroxylation is 1. The zero-order valence-electron chi connectivity index (χ0n) is 16.4. The van der Waals surface area contributed by atoms with Gasteiger partial charge in [0.1, 0.15) is 11.5 Å². The Hall–Kier alpha value is -3.32. The Labute approximate surface area is 169 Å². The lowest BCUT2D eigenvalue weighted by Gasteiger charge is -2.28. The Morgan fingerprint density at radius 3 is 2.79 bits per heavy atom. The molecular formula is C22H23N7. The zero-order chi connectivity index (χ0) is 19.6. The first kappa shape index (κ1) is 17.8. The lowest BCUT2D eigenvalue weighted by Crippen LogP contribution is -2.43. The van der Waals surface area contributed by atoms with Gasteiger partial charge in [0.25, 0.3) is 0 Å². The molecule has 7 nitrogen and oxygen atoms in total. The number of hydrogen-bond donors (Lipinski definition) is 2. The van der Waals surface area contributed by atoms with Gasteiger partial charge < -0.3 is 10.2 Å². The SMILES string of the molecule is CCc1cncc(-c2cc3c(-c4cccc(N5CCNCC5)n4)n[nH]c3cn2)c1. The fourth-order valence-electron chi connectivity index (χ4n) is 3.72. The van der Waals surface area contributed by atoms with Crippen LogP contribution in [-0.2, 0) is 6.42 Å². The van der Waals surface area contributed by atoms with Crippen molar-refractivity contribution < 1.29 is 0 Å². The minimum Gasteiger partial charge on any atom is -0.354 e. The van der Waals surface area contributed by atoms with Crippen LogP contribution < -0.4 is 10.2 Å². The normalized spacial score (nSPS) is 14.4. The van der Waals surface area contributed by atoms with Crippen molar-refractivity contribution in [3.05, 3.63) is 54.5 Å². The molecule has 1 aliphatic rings. The molecule has 4 aromatic rings. The third-order valence-electron chi connectivity index (χ3n) is 5.36. The lowest BCUT2D eigenvalue weighted by atomic mass is 10.1. The Kier molecular flexibility index (Phi) is 4.65. The third kappa shape index (κ3) is 3.45. The summed E-state index contributed by atoms with van der Waals surface area (Å²) < 4.78 is 0. The summed E-state index contributed by atoms with van der Waals surface area (Å²) in [5, 5.41) is 12.0. The Balaban J connectivity index is 1.55. The highest BCUT2D eigenvalue weighted by Crippen LogP contribution is 2.29. The fourth-order valence-corrected chi connectivity index (χ4v) is 3.72. The molecule has 1 aliphatic heterocycles. The van der Waals surface area contributed by atoms with E-state index in [1.165, 1.54) is 5.56 Å². The van der Waals surface area contributed by atoms with E-state index in [-0.39, 0.29) is 0 Å². The van der Waals surface area contributed by atoms with Crippen LogP contribution in [0.3, 0.4) is 0 Å². The topological polar surface area (TPSA) is 82.6 Å². The van der Waals surface area contributed by atoms with E-state index < -0.39 is 0 Å². The fraction of sp³-hybridized carbons (Fsp3) is 0.273. The highest BCUT2D eigenvalue weighted by Gasteiger charge is 2.15. The van der Waals surface area contributed by atoms with E-state index in [1.807, 2.05) is 24.7 Å². The van der Waals surface area contributed by atoms with Gasteiger partial charge in [0.05, 0.1) is 23.1 Å². The minimum absolute atomic E-state index is 0.847. The second-order valence-electron chi connectivity index (χ2n) is 7.24. The standard InChI is InChI=1S/C22H23N7/c1-2-15-10-16(13-24-12-15)19-11-17-20(14-25-19)27-28-22(17)18-4-3-5-21(26-18)29-8-6-23-7-9-29/h3-5,10-14,23H,2,6-9H2,1H3,(H,27,28). The molecule has 0 radical (unpaired) electrons. The van der Waals surface area contributed by atoms with E-state index in [1.54, 1.807) is 0 Å². The van der Waals surface area contributed by atoms with Crippen molar-refractivity contribution >= 4 is 16.7 Å². The third-order valence-corrected chi connectivity index (χ3v) is 5.36. The quantitative estimate of drug-likeness (QED) is 0.562. The van der Waals surface area contributed by atoms with Crippen LogP contribution in [0.5, 0.6) is 0 Å². The molecule has 0 amide bonds. The maximum Gasteiger partial charge on any atom is 0.129 e. The number of rotatable bonds is 4. The summed E-state index contributed by atoms with van der Waals surface area (Å²) in [6.07, 6.45) is 6.54. The van der Waals surface area contributed by atoms with Crippen LogP contribution >= 0.6 is 0 Å². The number of aromatic amines is 1. The molecule has 0 bridgehead atoms. The van der Waals surface area contributed by atoms with Gasteiger partial charge in [-0.05, 0) is 36.2 Å². The number of pyridine rings is 3. The van der Waals surface area contributed by atoms with Gasteiger partial charge in [0.15, 0.2) is 0 Å². The van der Waals surface area contributed by atoms with Gasteiger partial charge >= 0.3 is 0 Å². The highest BCUT2D eigenvalue weighted by molar-refractivity contribution is 5.93. The van der Waals surface area contributed by atoms with Crippen LogP contribution in [0.25, 0.3) is 33.5 Å². The number of anilines is 1. The second-order valence-corrected chi connectivity index (χ2v) is 7.24. The smallest absolute Gasteiger partial charge is 0.129 e. The molecule has 1 fully saturated rings. The number of nitrogens with one attached hydrogen (secondary N) is 2. The molecule has 1 saturated heterocycles. The molecule has 2 N–H and O–H groups in total. The van der Waals surface area contributed by atoms with Crippen LogP contribution in [0.15, 0.2) is 48.9 Å². The maximum atomic E-state index is 4.90. The van der Waals surface area contributed by atoms with E-state index in [9.17, 15) is 0 Å². The van der Waals surface area contributed by atoms with Gasteiger partial charge in [-0.3, -0.25) is 15.1 Å². The monoisotopic (exact) mass is 385 g/mol. The maximum absolute atomic E-state index is 4.90. The summed E-state index contributed by atoms with van der Waals surface area (Å²) in [7, 11) is 0. The summed E-state index contributed by atoms with van der Waals surface area (Å²) in [5.74, 6) is 0.995. The summed E-state index contributed by atoms with van der Waals surface area (Å²) in [5.41, 5.74) is 5.71. The predicted molar refractivity (Wildman–Crippen MR) is 115 cm³/mol. The van der Waals surface area contributed by atoms with Gasteiger partial charge in [-0.15, -0.1) is 0 Å². The summed E-state index contributed by atoms with van der Waals surface area (Å²) in [6.45, 7) is 6.02. The molecule has 29 heavy (non-hydrogen) atoms. The van der Waals surface area contributed by atoms with Gasteiger partial charge in [0.2, 0.25) is 0 Å². The van der Waals surface area contributed by atoms with Crippen LogP contribution in [0, 0.1) is 0 Å². The van der Waals surface area contributed by atoms with Crippen molar-refractivity contribution in [2.45, 2.75) is 13.3 Å². The molecule has 0 atom stereocenters. The molecule has 7 heteroatoms. The average Bonchev–Trinajstić information content (AvgIpc) is 3.23. The molecule has 0 unspecified atom stereocenters. The van der Waals surface area contributed by atoms with Crippen molar-refractivity contribution in [2.24, 2.45) is 0 Å². The van der Waals surface area contributed by atoms with E-state index in [2.05, 4.69) is 61.6 Å². The Bertz CT molecular complexity index is 1140. The van der Waals surface area contributed by atoms with Gasteiger partial charge in [-0.2, -0.15) is 5.10 Å². The Morgan fingerprint density at radius 2 is 1.93 bits per heavy atom. The van der Waals surface area contributed by atoms with Crippen molar-refractivity contribution in [3.63, 3.8) is 0 Å². The van der Waals surface area contributed by atoms with E-state index in [0.717, 1.165) is 72.0 Å². The van der Waals surface area contributed by atoms with E-state index >= 15 is 0 Å². The minimum atomic E-state index is 0.847. The molecule has 0 saturated carbocycles. The number of aromatic nitrogens is 5. The van der Waals surface area contributed by atoms with Gasteiger partial charge in [-0.25, -0.2) is 4.98 Å². The number of hydrogen-bond acceptors (Lipinski definition) is 6. The number of H-pyrrole nitrogens is 1. The first-order valence-corrected chi connectivity index (χ1v) is 10.0. The van der Waals surface area contributed by atoms with E-state index in [0.29, 0.717) is 0 Å².